The first-order chi connectivity index (χ1) is 19.0. The van der Waals surface area contributed by atoms with Gasteiger partial charge in [0.15, 0.2) is 0 Å². The summed E-state index contributed by atoms with van der Waals surface area (Å²) < 4.78 is 0. The number of nitrogens with zero attached hydrogens (tertiary/aromatic N) is 2. The number of amides is 4. The smallest absolute Gasteiger partial charge is 0.261 e. The zero-order chi connectivity index (χ0) is 28.0. The number of fused-ring (bicyclic) bond motifs is 2. The van der Waals surface area contributed by atoms with Gasteiger partial charge in [0.2, 0.25) is 0 Å². The molecule has 39 heavy (non-hydrogen) atoms. The van der Waals surface area contributed by atoms with E-state index in [-0.39, 0.29) is 23.6 Å². The van der Waals surface area contributed by atoms with E-state index in [4.69, 9.17) is 0 Å². The Morgan fingerprint density at radius 1 is 0.410 bits per heavy atom. The largest absolute Gasteiger partial charge is 0.274 e. The molecule has 0 aliphatic carbocycles. The van der Waals surface area contributed by atoms with E-state index >= 15 is 0 Å². The molecule has 2 aromatic rings. The van der Waals surface area contributed by atoms with Gasteiger partial charge in [0.1, 0.15) is 0 Å². The van der Waals surface area contributed by atoms with Crippen molar-refractivity contribution >= 4 is 55.5 Å². The first-order valence-electron chi connectivity index (χ1n) is 14.0. The molecule has 0 saturated carbocycles. The van der Waals surface area contributed by atoms with Crippen LogP contribution < -0.4 is 0 Å². The molecular formula is C31H38Br2N2O4. The van der Waals surface area contributed by atoms with Crippen LogP contribution in [0.3, 0.4) is 0 Å². The van der Waals surface area contributed by atoms with Crippen molar-refractivity contribution in [2.75, 3.05) is 23.7 Å². The molecule has 8 heteroatoms. The fourth-order valence-corrected chi connectivity index (χ4v) is 5.64. The summed E-state index contributed by atoms with van der Waals surface area (Å²) in [5.74, 6) is -0.545. The van der Waals surface area contributed by atoms with Gasteiger partial charge >= 0.3 is 0 Å². The van der Waals surface area contributed by atoms with Gasteiger partial charge in [-0.3, -0.25) is 29.0 Å². The molecule has 0 radical (unpaired) electrons. The van der Waals surface area contributed by atoms with E-state index in [0.29, 0.717) is 35.3 Å². The number of benzene rings is 2. The molecule has 6 nitrogen and oxygen atoms in total. The summed E-state index contributed by atoms with van der Waals surface area (Å²) in [5.41, 5.74) is 2.20. The van der Waals surface area contributed by atoms with E-state index in [1.54, 1.807) is 48.5 Å². The average molecular weight is 662 g/mol. The van der Waals surface area contributed by atoms with Crippen LogP contribution in [0.4, 0.5) is 0 Å². The van der Waals surface area contributed by atoms with Crippen LogP contribution in [-0.4, -0.2) is 57.2 Å². The summed E-state index contributed by atoms with van der Waals surface area (Å²) in [5, 5.41) is 2.12. The summed E-state index contributed by atoms with van der Waals surface area (Å²) in [6.07, 6.45) is 12.4. The van der Waals surface area contributed by atoms with Crippen LogP contribution in [0.5, 0.6) is 0 Å². The minimum Gasteiger partial charge on any atom is -0.274 e. The van der Waals surface area contributed by atoms with E-state index in [1.807, 2.05) is 0 Å². The van der Waals surface area contributed by atoms with Crippen LogP contribution in [-0.2, 0) is 0 Å². The van der Waals surface area contributed by atoms with Crippen molar-refractivity contribution in [3.05, 3.63) is 70.8 Å². The SMILES string of the molecule is O=C1c2ccccc2C(=O)N1CCCCCCCBr.O=C1c2ccccc2C(=O)N1CCCCCCCCBr. The van der Waals surface area contributed by atoms with Gasteiger partial charge in [0, 0.05) is 23.7 Å². The number of alkyl halides is 2. The summed E-state index contributed by atoms with van der Waals surface area (Å²) >= 11 is 6.83. The van der Waals surface area contributed by atoms with Crippen LogP contribution in [0, 0.1) is 0 Å². The molecule has 0 unspecified atom stereocenters. The Bertz CT molecular complexity index is 1070. The highest BCUT2D eigenvalue weighted by Crippen LogP contribution is 2.24. The Morgan fingerprint density at radius 2 is 0.667 bits per heavy atom. The molecule has 2 heterocycles. The highest BCUT2D eigenvalue weighted by atomic mass is 79.9. The number of carbonyl (C=O) groups is 4. The van der Waals surface area contributed by atoms with Gasteiger partial charge in [-0.1, -0.05) is 101 Å². The molecule has 2 aliphatic rings. The number of unbranched alkanes of at least 4 members (excludes halogenated alkanes) is 9. The quantitative estimate of drug-likeness (QED) is 0.112. The maximum Gasteiger partial charge on any atom is 0.261 e. The molecule has 0 aromatic heterocycles. The topological polar surface area (TPSA) is 74.8 Å². The molecule has 0 saturated heterocycles. The number of carbonyl (C=O) groups excluding carboxylic acids is 4. The minimum atomic E-state index is -0.138. The maximum absolute atomic E-state index is 12.1. The summed E-state index contributed by atoms with van der Waals surface area (Å²) in [6, 6.07) is 14.1. The van der Waals surface area contributed by atoms with E-state index < -0.39 is 0 Å². The Morgan fingerprint density at radius 3 is 0.949 bits per heavy atom. The Balaban J connectivity index is 0.000000216. The fourth-order valence-electron chi connectivity index (χ4n) is 4.85. The first-order valence-corrected chi connectivity index (χ1v) is 16.3. The first kappa shape index (κ1) is 31.2. The second-order valence-electron chi connectivity index (χ2n) is 9.88. The van der Waals surface area contributed by atoms with E-state index in [2.05, 4.69) is 31.9 Å². The van der Waals surface area contributed by atoms with Crippen LogP contribution in [0.1, 0.15) is 112 Å². The van der Waals surface area contributed by atoms with Crippen molar-refractivity contribution in [2.24, 2.45) is 0 Å². The van der Waals surface area contributed by atoms with Gasteiger partial charge in [-0.2, -0.15) is 0 Å². The number of hydrogen-bond donors (Lipinski definition) is 0. The zero-order valence-electron chi connectivity index (χ0n) is 22.5. The summed E-state index contributed by atoms with van der Waals surface area (Å²) in [7, 11) is 0. The molecule has 210 valence electrons. The fraction of sp³-hybridized carbons (Fsp3) is 0.484. The normalized spacial score (nSPS) is 14.0. The van der Waals surface area contributed by atoms with Crippen LogP contribution >= 0.6 is 31.9 Å². The van der Waals surface area contributed by atoms with E-state index in [0.717, 1.165) is 42.8 Å². The molecule has 0 spiro atoms. The second-order valence-corrected chi connectivity index (χ2v) is 11.5. The minimum absolute atomic E-state index is 0.134. The number of hydrogen-bond acceptors (Lipinski definition) is 4. The van der Waals surface area contributed by atoms with Crippen molar-refractivity contribution in [1.29, 1.82) is 0 Å². The Hall–Kier alpha value is -2.32. The van der Waals surface area contributed by atoms with Crippen molar-refractivity contribution in [3.8, 4) is 0 Å². The standard InChI is InChI=1S/C16H20BrNO2.C15H18BrNO2/c17-11-7-3-1-2-4-8-12-18-15(19)13-9-5-6-10-14(13)16(18)20;16-10-6-2-1-3-7-11-17-14(18)12-8-4-5-9-13(12)15(17)19/h5-6,9-10H,1-4,7-8,11-12H2;4-5,8-9H,1-3,6-7,10-11H2. The Kier molecular flexibility index (Phi) is 13.4. The number of imide groups is 2. The van der Waals surface area contributed by atoms with Crippen molar-refractivity contribution in [2.45, 2.75) is 70.6 Å². The van der Waals surface area contributed by atoms with Crippen molar-refractivity contribution in [1.82, 2.24) is 9.80 Å². The van der Waals surface area contributed by atoms with Gasteiger partial charge < -0.3 is 0 Å². The van der Waals surface area contributed by atoms with Gasteiger partial charge in [-0.15, -0.1) is 0 Å². The Labute approximate surface area is 248 Å². The van der Waals surface area contributed by atoms with Gasteiger partial charge in [-0.25, -0.2) is 0 Å². The molecule has 0 N–H and O–H groups in total. The third-order valence-electron chi connectivity index (χ3n) is 7.04. The summed E-state index contributed by atoms with van der Waals surface area (Å²) in [6.45, 7) is 1.09. The third-order valence-corrected chi connectivity index (χ3v) is 8.16. The monoisotopic (exact) mass is 660 g/mol. The molecule has 0 fully saturated rings. The number of rotatable bonds is 15. The lowest BCUT2D eigenvalue weighted by Crippen LogP contribution is -2.30. The zero-order valence-corrected chi connectivity index (χ0v) is 25.7. The summed E-state index contributed by atoms with van der Waals surface area (Å²) in [4.78, 5) is 51.1. The van der Waals surface area contributed by atoms with E-state index in [9.17, 15) is 19.2 Å². The predicted octanol–water partition coefficient (Wildman–Crippen LogP) is 7.65. The molecule has 2 aliphatic heterocycles. The van der Waals surface area contributed by atoms with Gasteiger partial charge in [-0.05, 0) is 49.9 Å². The second kappa shape index (κ2) is 16.7. The lowest BCUT2D eigenvalue weighted by Gasteiger charge is -2.13. The molecule has 0 bridgehead atoms. The van der Waals surface area contributed by atoms with Crippen molar-refractivity contribution < 1.29 is 19.2 Å². The van der Waals surface area contributed by atoms with Crippen molar-refractivity contribution in [3.63, 3.8) is 0 Å². The lowest BCUT2D eigenvalue weighted by molar-refractivity contribution is 0.0636. The molecule has 4 amide bonds. The van der Waals surface area contributed by atoms with Gasteiger partial charge in [0.05, 0.1) is 22.3 Å². The van der Waals surface area contributed by atoms with E-state index in [1.165, 1.54) is 48.3 Å². The highest BCUT2D eigenvalue weighted by molar-refractivity contribution is 9.09. The van der Waals surface area contributed by atoms with Gasteiger partial charge in [0.25, 0.3) is 23.6 Å². The van der Waals surface area contributed by atoms with Crippen LogP contribution in [0.15, 0.2) is 48.5 Å². The average Bonchev–Trinajstić information content (AvgIpc) is 3.35. The highest BCUT2D eigenvalue weighted by Gasteiger charge is 2.35. The lowest BCUT2D eigenvalue weighted by atomic mass is 10.1. The molecular weight excluding hydrogens is 624 g/mol. The van der Waals surface area contributed by atoms with Crippen LogP contribution in [0.25, 0.3) is 0 Å². The predicted molar refractivity (Wildman–Crippen MR) is 162 cm³/mol. The molecule has 2 aromatic carbocycles. The van der Waals surface area contributed by atoms with Crippen LogP contribution in [0.2, 0.25) is 0 Å². The maximum atomic E-state index is 12.1. The number of halogens is 2. The molecule has 0 atom stereocenters. The molecule has 4 rings (SSSR count). The third kappa shape index (κ3) is 8.58.